The highest BCUT2D eigenvalue weighted by atomic mass is 16.6. The van der Waals surface area contributed by atoms with Gasteiger partial charge >= 0.3 is 41.9 Å². The molecular formula is C59H104N2O14. The third-order valence-corrected chi connectivity index (χ3v) is 14.4. The summed E-state index contributed by atoms with van der Waals surface area (Å²) >= 11 is 0. The third kappa shape index (κ3) is 34.4. The van der Waals surface area contributed by atoms with E-state index in [1.165, 1.54) is 4.90 Å². The predicted molar refractivity (Wildman–Crippen MR) is 290 cm³/mol. The largest absolute Gasteiger partial charge is 0.465 e. The molecule has 434 valence electrons. The number of hydrogen-bond donors (Lipinski definition) is 0. The van der Waals surface area contributed by atoms with Crippen molar-refractivity contribution < 1.29 is 66.7 Å². The summed E-state index contributed by atoms with van der Waals surface area (Å²) in [6, 6.07) is -0.641. The number of nitrogens with zero attached hydrogens (tertiary/aromatic N) is 2. The minimum absolute atomic E-state index is 0.00974. The van der Waals surface area contributed by atoms with Gasteiger partial charge < -0.3 is 38.1 Å². The zero-order valence-corrected chi connectivity index (χ0v) is 47.7. The van der Waals surface area contributed by atoms with Gasteiger partial charge in [0.1, 0.15) is 19.3 Å². The predicted octanol–water partition coefficient (Wildman–Crippen LogP) is 12.3. The summed E-state index contributed by atoms with van der Waals surface area (Å²) in [4.78, 5) is 95.6. The van der Waals surface area contributed by atoms with Crippen LogP contribution in [0.1, 0.15) is 246 Å². The third-order valence-electron chi connectivity index (χ3n) is 14.4. The van der Waals surface area contributed by atoms with Gasteiger partial charge in [-0.25, -0.2) is 4.79 Å². The van der Waals surface area contributed by atoms with Crippen molar-refractivity contribution in [2.24, 2.45) is 11.8 Å². The number of unbranched alkanes of at least 4 members (excludes halogenated alkanes) is 20. The summed E-state index contributed by atoms with van der Waals surface area (Å²) < 4.78 is 40.0. The van der Waals surface area contributed by atoms with E-state index in [1.807, 2.05) is 7.05 Å². The summed E-state index contributed by atoms with van der Waals surface area (Å²) in [7, 11) is 2.01. The van der Waals surface area contributed by atoms with E-state index in [4.69, 9.17) is 33.2 Å². The second-order valence-corrected chi connectivity index (χ2v) is 21.5. The van der Waals surface area contributed by atoms with Crippen molar-refractivity contribution in [3.63, 3.8) is 0 Å². The van der Waals surface area contributed by atoms with E-state index < -0.39 is 42.0 Å². The van der Waals surface area contributed by atoms with Crippen LogP contribution in [0.3, 0.4) is 0 Å². The molecule has 2 heterocycles. The Labute approximate surface area is 452 Å². The maximum absolute atomic E-state index is 13.8. The molecule has 2 rings (SSSR count). The zero-order chi connectivity index (χ0) is 54.7. The van der Waals surface area contributed by atoms with E-state index in [0.717, 1.165) is 154 Å². The second-order valence-electron chi connectivity index (χ2n) is 21.5. The summed E-state index contributed by atoms with van der Waals surface area (Å²) in [5, 5.41) is 0. The van der Waals surface area contributed by atoms with Gasteiger partial charge in [0, 0.05) is 50.0 Å². The highest BCUT2D eigenvalue weighted by Crippen LogP contribution is 2.25. The fraction of sp³-hybridized carbons (Fsp3) is 0.881. The van der Waals surface area contributed by atoms with Crippen LogP contribution < -0.4 is 0 Å². The number of amides is 1. The molecule has 75 heavy (non-hydrogen) atoms. The van der Waals surface area contributed by atoms with Crippen LogP contribution in [0.5, 0.6) is 0 Å². The molecule has 0 bridgehead atoms. The Morgan fingerprint density at radius 2 is 0.800 bits per heavy atom. The first kappa shape index (κ1) is 67.2. The molecule has 0 N–H and O–H groups in total. The van der Waals surface area contributed by atoms with Crippen molar-refractivity contribution >= 4 is 41.9 Å². The smallest absolute Gasteiger partial charge is 0.410 e. The topological polar surface area (TPSA) is 191 Å². The molecule has 0 aliphatic carbocycles. The number of likely N-dealkylation sites (tertiary alicyclic amines) is 2. The first-order chi connectivity index (χ1) is 36.4. The molecule has 16 heteroatoms. The normalized spacial score (nSPS) is 16.7. The van der Waals surface area contributed by atoms with Gasteiger partial charge in [0.2, 0.25) is 0 Å². The molecule has 0 radical (unpaired) electrons. The van der Waals surface area contributed by atoms with Crippen molar-refractivity contribution in [2.45, 2.75) is 264 Å². The average Bonchev–Trinajstić information content (AvgIpc) is 3.80. The van der Waals surface area contributed by atoms with Crippen molar-refractivity contribution in [3.05, 3.63) is 0 Å². The van der Waals surface area contributed by atoms with Crippen LogP contribution >= 0.6 is 0 Å². The lowest BCUT2D eigenvalue weighted by molar-refractivity contribution is -0.157. The fourth-order valence-corrected chi connectivity index (χ4v) is 9.56. The molecule has 2 aliphatic heterocycles. The summed E-state index contributed by atoms with van der Waals surface area (Å²) in [6.07, 6.45) is 26.9. The molecule has 3 atom stereocenters. The molecule has 1 amide bonds. The molecule has 0 spiro atoms. The quantitative estimate of drug-likeness (QED) is 0.0318. The monoisotopic (exact) mass is 1060 g/mol. The minimum atomic E-state index is -0.776. The SMILES string of the molecule is CCCCCCCCC(=O)OCC(COC(=O)CCCCCCCC)CC(=O)OC[C@@H]1C[C@@H](OC(=O)CC(COC(=O)CCCCCCCC)COC(=O)CCCCCCCC)CN1C(=O)OCC1CCCCN1C. The molecule has 0 saturated carbocycles. The van der Waals surface area contributed by atoms with E-state index in [0.29, 0.717) is 25.7 Å². The summed E-state index contributed by atoms with van der Waals surface area (Å²) in [6.45, 7) is 8.98. The first-order valence-electron chi connectivity index (χ1n) is 30.0. The summed E-state index contributed by atoms with van der Waals surface area (Å²) in [5.74, 6) is -4.03. The Morgan fingerprint density at radius 3 is 1.20 bits per heavy atom. The van der Waals surface area contributed by atoms with E-state index in [2.05, 4.69) is 32.6 Å². The van der Waals surface area contributed by atoms with Crippen LogP contribution in [0.2, 0.25) is 0 Å². The van der Waals surface area contributed by atoms with Crippen LogP contribution in [-0.4, -0.2) is 130 Å². The number of piperidine rings is 1. The maximum Gasteiger partial charge on any atom is 0.410 e. The Morgan fingerprint density at radius 1 is 0.427 bits per heavy atom. The zero-order valence-electron chi connectivity index (χ0n) is 47.7. The lowest BCUT2D eigenvalue weighted by Gasteiger charge is -2.32. The lowest BCUT2D eigenvalue weighted by Crippen LogP contribution is -2.44. The first-order valence-corrected chi connectivity index (χ1v) is 30.0. The Bertz CT molecular complexity index is 1500. The number of likely N-dealkylation sites (N-methyl/N-ethyl adjacent to an activating group) is 1. The minimum Gasteiger partial charge on any atom is -0.465 e. The van der Waals surface area contributed by atoms with Crippen molar-refractivity contribution in [1.82, 2.24) is 9.80 Å². The molecule has 2 fully saturated rings. The van der Waals surface area contributed by atoms with E-state index in [9.17, 15) is 33.6 Å². The number of rotatable bonds is 45. The standard InChI is InChI=1S/C59H104N2O14/c1-6-10-14-18-22-26-33-53(62)69-42-48(43-70-54(63)34-27-23-19-15-11-7-2)38-57(66)73-47-51-40-52(41-61(51)59(68)74-46-50-32-30-31-37-60(50)5)75-58(67)39-49(44-71-55(64)35-28-24-20-16-12-8-3)45-72-56(65)36-29-25-21-17-13-9-4/h48-52H,6-47H2,1-5H3/t50?,51-,52+/m0/s1. The van der Waals surface area contributed by atoms with Crippen LogP contribution in [-0.2, 0) is 61.9 Å². The molecule has 0 aromatic carbocycles. The van der Waals surface area contributed by atoms with Gasteiger partial charge in [-0.05, 0) is 52.1 Å². The highest BCUT2D eigenvalue weighted by Gasteiger charge is 2.40. The molecule has 0 aromatic heterocycles. The Balaban J connectivity index is 2.13. The van der Waals surface area contributed by atoms with Gasteiger partial charge in [0.25, 0.3) is 0 Å². The van der Waals surface area contributed by atoms with Crippen LogP contribution in [0.4, 0.5) is 4.79 Å². The van der Waals surface area contributed by atoms with Crippen molar-refractivity contribution in [1.29, 1.82) is 0 Å². The number of ether oxygens (including phenoxy) is 7. The molecule has 2 saturated heterocycles. The molecule has 1 unspecified atom stereocenters. The van der Waals surface area contributed by atoms with Crippen molar-refractivity contribution in [3.8, 4) is 0 Å². The van der Waals surface area contributed by atoms with E-state index in [-0.39, 0.29) is 121 Å². The van der Waals surface area contributed by atoms with Crippen molar-refractivity contribution in [2.75, 3.05) is 59.8 Å². The van der Waals surface area contributed by atoms with Gasteiger partial charge in [-0.15, -0.1) is 0 Å². The number of carbonyl (C=O) groups is 7. The van der Waals surface area contributed by atoms with Crippen LogP contribution in [0.25, 0.3) is 0 Å². The van der Waals surface area contributed by atoms with E-state index >= 15 is 0 Å². The number of hydrogen-bond acceptors (Lipinski definition) is 15. The molecular weight excluding hydrogens is 961 g/mol. The second kappa shape index (κ2) is 44.1. The van der Waals surface area contributed by atoms with Crippen LogP contribution in [0, 0.1) is 11.8 Å². The van der Waals surface area contributed by atoms with E-state index in [1.54, 1.807) is 0 Å². The summed E-state index contributed by atoms with van der Waals surface area (Å²) in [5.41, 5.74) is 0. The lowest BCUT2D eigenvalue weighted by atomic mass is 10.0. The molecule has 2 aliphatic rings. The molecule has 16 nitrogen and oxygen atoms in total. The van der Waals surface area contributed by atoms with Gasteiger partial charge in [-0.3, -0.25) is 33.7 Å². The van der Waals surface area contributed by atoms with Gasteiger partial charge in [-0.1, -0.05) is 163 Å². The highest BCUT2D eigenvalue weighted by molar-refractivity contribution is 5.73. The fourth-order valence-electron chi connectivity index (χ4n) is 9.56. The number of esters is 6. The Kier molecular flexibility index (Phi) is 39.5. The number of carbonyl (C=O) groups excluding carboxylic acids is 7. The Hall–Kier alpha value is -3.95. The maximum atomic E-state index is 13.8. The average molecular weight is 1070 g/mol. The van der Waals surface area contributed by atoms with Crippen LogP contribution in [0.15, 0.2) is 0 Å². The van der Waals surface area contributed by atoms with Gasteiger partial charge in [0.15, 0.2) is 0 Å². The van der Waals surface area contributed by atoms with Gasteiger partial charge in [-0.2, -0.15) is 0 Å². The van der Waals surface area contributed by atoms with Gasteiger partial charge in [0.05, 0.1) is 51.9 Å². The molecule has 0 aromatic rings.